The first-order chi connectivity index (χ1) is 9.68. The topological polar surface area (TPSA) is 59.6 Å². The fraction of sp³-hybridized carbons (Fsp3) is 0.812. The van der Waals surface area contributed by atoms with Crippen molar-refractivity contribution in [2.75, 3.05) is 19.7 Å². The van der Waals surface area contributed by atoms with Crippen molar-refractivity contribution in [3.8, 4) is 0 Å². The monoisotopic (exact) mass is 409 g/mol. The molecule has 5 heteroatoms. The van der Waals surface area contributed by atoms with Gasteiger partial charge in [-0.3, -0.25) is 0 Å². The van der Waals surface area contributed by atoms with Gasteiger partial charge in [-0.15, -0.1) is 24.0 Å². The van der Waals surface area contributed by atoms with Crippen LogP contribution in [-0.2, 0) is 4.74 Å². The van der Waals surface area contributed by atoms with Crippen LogP contribution < -0.4 is 11.1 Å². The van der Waals surface area contributed by atoms with Crippen LogP contribution in [0.2, 0.25) is 0 Å². The maximum atomic E-state index is 5.90. The molecule has 0 aromatic rings. The van der Waals surface area contributed by atoms with Crippen molar-refractivity contribution in [2.24, 2.45) is 10.7 Å². The van der Waals surface area contributed by atoms with Gasteiger partial charge in [0.25, 0.3) is 0 Å². The molecule has 1 rings (SSSR count). The molecule has 0 aromatic heterocycles. The van der Waals surface area contributed by atoms with Crippen LogP contribution in [0.4, 0.5) is 0 Å². The third-order valence-corrected chi connectivity index (χ3v) is 3.55. The molecule has 124 valence electrons. The van der Waals surface area contributed by atoms with Gasteiger partial charge in [0.15, 0.2) is 5.96 Å². The van der Waals surface area contributed by atoms with E-state index in [0.717, 1.165) is 31.6 Å². The van der Waals surface area contributed by atoms with Crippen LogP contribution in [0.25, 0.3) is 0 Å². The zero-order chi connectivity index (χ0) is 14.6. The van der Waals surface area contributed by atoms with Gasteiger partial charge in [0.2, 0.25) is 0 Å². The van der Waals surface area contributed by atoms with E-state index in [0.29, 0.717) is 18.6 Å². The lowest BCUT2D eigenvalue weighted by molar-refractivity contribution is 0.0264. The van der Waals surface area contributed by atoms with E-state index in [4.69, 9.17) is 10.5 Å². The Kier molecular flexibility index (Phi) is 13.2. The third-order valence-electron chi connectivity index (χ3n) is 3.55. The zero-order valence-corrected chi connectivity index (χ0v) is 15.7. The van der Waals surface area contributed by atoms with Crippen molar-refractivity contribution >= 4 is 29.9 Å². The highest BCUT2D eigenvalue weighted by molar-refractivity contribution is 14.0. The minimum Gasteiger partial charge on any atom is -0.378 e. The Labute approximate surface area is 147 Å². The van der Waals surface area contributed by atoms with Gasteiger partial charge in [-0.05, 0) is 39.0 Å². The number of nitrogens with one attached hydrogen (secondary N) is 1. The second kappa shape index (κ2) is 13.4. The van der Waals surface area contributed by atoms with Crippen LogP contribution in [-0.4, -0.2) is 31.8 Å². The molecule has 0 atom stereocenters. The highest BCUT2D eigenvalue weighted by Gasteiger charge is 2.12. The Hall–Kier alpha value is -0.300. The van der Waals surface area contributed by atoms with Crippen LogP contribution in [0.5, 0.6) is 0 Å². The van der Waals surface area contributed by atoms with Gasteiger partial charge in [-0.2, -0.15) is 0 Å². The van der Waals surface area contributed by atoms with Crippen LogP contribution in [0.15, 0.2) is 17.1 Å². The molecule has 0 radical (unpaired) electrons. The lowest BCUT2D eigenvalue weighted by Gasteiger charge is -2.21. The number of rotatable bonds is 9. The molecule has 1 aliphatic carbocycles. The van der Waals surface area contributed by atoms with Crippen molar-refractivity contribution in [1.82, 2.24) is 5.32 Å². The van der Waals surface area contributed by atoms with Gasteiger partial charge in [0.1, 0.15) is 0 Å². The molecule has 0 amide bonds. The van der Waals surface area contributed by atoms with Gasteiger partial charge in [-0.1, -0.05) is 31.4 Å². The fourth-order valence-corrected chi connectivity index (χ4v) is 2.38. The number of ether oxygens (including phenoxy) is 1. The summed E-state index contributed by atoms with van der Waals surface area (Å²) < 4.78 is 5.90. The van der Waals surface area contributed by atoms with Gasteiger partial charge < -0.3 is 15.8 Å². The summed E-state index contributed by atoms with van der Waals surface area (Å²) in [7, 11) is 0. The molecule has 1 fully saturated rings. The number of unbranched alkanes of at least 4 members (excludes halogenated alkanes) is 2. The average molecular weight is 409 g/mol. The molecule has 0 spiro atoms. The number of hydrogen-bond donors (Lipinski definition) is 2. The summed E-state index contributed by atoms with van der Waals surface area (Å²) in [4.78, 5) is 4.18. The van der Waals surface area contributed by atoms with E-state index < -0.39 is 0 Å². The van der Waals surface area contributed by atoms with Crippen molar-refractivity contribution in [1.29, 1.82) is 0 Å². The minimum atomic E-state index is 0. The molecule has 0 heterocycles. The SMILES string of the molecule is C=C(C)CN=C(N)NCCCCCOC1CCCCC1.I. The lowest BCUT2D eigenvalue weighted by Crippen LogP contribution is -2.32. The summed E-state index contributed by atoms with van der Waals surface area (Å²) in [6.45, 7) is 8.13. The lowest BCUT2D eigenvalue weighted by atomic mass is 9.98. The van der Waals surface area contributed by atoms with E-state index in [9.17, 15) is 0 Å². The molecular weight excluding hydrogens is 377 g/mol. The third kappa shape index (κ3) is 12.0. The Morgan fingerprint density at radius 3 is 2.62 bits per heavy atom. The van der Waals surface area contributed by atoms with E-state index in [1.807, 2.05) is 6.92 Å². The summed E-state index contributed by atoms with van der Waals surface area (Å²) in [5.74, 6) is 0.520. The van der Waals surface area contributed by atoms with Gasteiger partial charge in [0, 0.05) is 13.2 Å². The smallest absolute Gasteiger partial charge is 0.188 e. The Morgan fingerprint density at radius 1 is 1.24 bits per heavy atom. The normalized spacial score (nSPS) is 16.3. The first-order valence-electron chi connectivity index (χ1n) is 7.98. The molecule has 3 N–H and O–H groups in total. The number of nitrogens with zero attached hydrogens (tertiary/aromatic N) is 1. The van der Waals surface area contributed by atoms with Gasteiger partial charge in [-0.25, -0.2) is 4.99 Å². The standard InChI is InChI=1S/C16H31N3O.HI/c1-14(2)13-19-16(17)18-11-7-4-8-12-20-15-9-5-3-6-10-15;/h15H,1,3-13H2,2H3,(H3,17,18,19);1H. The van der Waals surface area contributed by atoms with Crippen LogP contribution in [0, 0.1) is 0 Å². The first-order valence-corrected chi connectivity index (χ1v) is 7.98. The number of hydrogen-bond acceptors (Lipinski definition) is 2. The second-order valence-corrected chi connectivity index (χ2v) is 5.78. The summed E-state index contributed by atoms with van der Waals surface area (Å²) in [6, 6.07) is 0. The van der Waals surface area contributed by atoms with Crippen molar-refractivity contribution in [2.45, 2.75) is 64.4 Å². The van der Waals surface area contributed by atoms with Crippen molar-refractivity contribution in [3.63, 3.8) is 0 Å². The predicted octanol–water partition coefficient (Wildman–Crippen LogP) is 3.60. The van der Waals surface area contributed by atoms with Crippen LogP contribution in [0.3, 0.4) is 0 Å². The molecule has 0 aromatic carbocycles. The number of nitrogens with two attached hydrogens (primary N) is 1. The molecule has 0 aliphatic heterocycles. The largest absolute Gasteiger partial charge is 0.378 e. The Morgan fingerprint density at radius 2 is 1.95 bits per heavy atom. The molecule has 1 saturated carbocycles. The second-order valence-electron chi connectivity index (χ2n) is 5.78. The molecule has 4 nitrogen and oxygen atoms in total. The minimum absolute atomic E-state index is 0. The molecule has 1 aliphatic rings. The van der Waals surface area contributed by atoms with Crippen molar-refractivity contribution in [3.05, 3.63) is 12.2 Å². The summed E-state index contributed by atoms with van der Waals surface area (Å²) >= 11 is 0. The summed E-state index contributed by atoms with van der Waals surface area (Å²) in [6.07, 6.45) is 10.6. The van der Waals surface area contributed by atoms with E-state index in [2.05, 4.69) is 16.9 Å². The number of guanidine groups is 1. The van der Waals surface area contributed by atoms with Crippen LogP contribution in [0.1, 0.15) is 58.3 Å². The maximum Gasteiger partial charge on any atom is 0.188 e. The summed E-state index contributed by atoms with van der Waals surface area (Å²) in [5.41, 5.74) is 6.76. The molecule has 0 saturated heterocycles. The Bertz CT molecular complexity index is 302. The van der Waals surface area contributed by atoms with E-state index in [-0.39, 0.29) is 24.0 Å². The molecule has 0 bridgehead atoms. The van der Waals surface area contributed by atoms with Crippen molar-refractivity contribution < 1.29 is 4.74 Å². The molecular formula is C16H32IN3O. The Balaban J connectivity index is 0.00000400. The van der Waals surface area contributed by atoms with E-state index in [1.54, 1.807) is 0 Å². The molecule has 21 heavy (non-hydrogen) atoms. The highest BCUT2D eigenvalue weighted by atomic mass is 127. The molecule has 0 unspecified atom stereocenters. The maximum absolute atomic E-state index is 5.90. The summed E-state index contributed by atoms with van der Waals surface area (Å²) in [5, 5.41) is 3.12. The predicted molar refractivity (Wildman–Crippen MR) is 101 cm³/mol. The number of halogens is 1. The number of aliphatic imine (C=N–C) groups is 1. The van der Waals surface area contributed by atoms with E-state index >= 15 is 0 Å². The van der Waals surface area contributed by atoms with E-state index in [1.165, 1.54) is 38.5 Å². The highest BCUT2D eigenvalue weighted by Crippen LogP contribution is 2.20. The first kappa shape index (κ1) is 20.7. The zero-order valence-electron chi connectivity index (χ0n) is 13.4. The van der Waals surface area contributed by atoms with Crippen LogP contribution >= 0.6 is 24.0 Å². The fourth-order valence-electron chi connectivity index (χ4n) is 2.38. The average Bonchev–Trinajstić information content (AvgIpc) is 2.45. The quantitative estimate of drug-likeness (QED) is 0.201. The van der Waals surface area contributed by atoms with Gasteiger partial charge >= 0.3 is 0 Å². The van der Waals surface area contributed by atoms with Gasteiger partial charge in [0.05, 0.1) is 12.6 Å².